The molecule has 1 N–H and O–H groups in total. The van der Waals surface area contributed by atoms with Crippen LogP contribution in [0.2, 0.25) is 5.02 Å². The normalized spacial score (nSPS) is 16.9. The Kier molecular flexibility index (Phi) is 7.72. The minimum absolute atomic E-state index is 0. The van der Waals surface area contributed by atoms with Gasteiger partial charge in [0, 0.05) is 38.2 Å². The van der Waals surface area contributed by atoms with Crippen molar-refractivity contribution < 1.29 is 4.79 Å². The number of piperazine rings is 1. The first-order valence-electron chi connectivity index (χ1n) is 6.79. The molecule has 1 unspecified atom stereocenters. The molecule has 0 aromatic carbocycles. The fraction of sp³-hybridized carbons (Fsp3) is 0.267. The van der Waals surface area contributed by atoms with E-state index in [1.807, 2.05) is 17.0 Å². The summed E-state index contributed by atoms with van der Waals surface area (Å²) in [5.74, 6) is -0.0815. The van der Waals surface area contributed by atoms with Crippen LogP contribution in [0.4, 0.5) is 0 Å². The highest BCUT2D eigenvalue weighted by atomic mass is 35.5. The van der Waals surface area contributed by atoms with Crippen molar-refractivity contribution in [3.05, 3.63) is 59.1 Å². The van der Waals surface area contributed by atoms with E-state index in [0.717, 1.165) is 12.1 Å². The minimum Gasteiger partial charge on any atom is -0.328 e. The average molecular weight is 376 g/mol. The molecule has 0 spiro atoms. The van der Waals surface area contributed by atoms with Gasteiger partial charge in [-0.3, -0.25) is 9.78 Å². The zero-order valence-corrected chi connectivity index (χ0v) is 14.6. The Morgan fingerprint density at radius 1 is 1.26 bits per heavy atom. The van der Waals surface area contributed by atoms with Crippen LogP contribution in [0.5, 0.6) is 0 Å². The van der Waals surface area contributed by atoms with Gasteiger partial charge in [-0.25, -0.2) is 4.98 Å². The number of nitrogens with zero attached hydrogens (tertiary/aromatic N) is 3. The van der Waals surface area contributed by atoms with Crippen LogP contribution in [0.25, 0.3) is 0 Å². The van der Waals surface area contributed by atoms with E-state index < -0.39 is 0 Å². The highest BCUT2D eigenvalue weighted by Crippen LogP contribution is 2.23. The van der Waals surface area contributed by atoms with Gasteiger partial charge in [-0.15, -0.1) is 24.8 Å². The van der Waals surface area contributed by atoms with Crippen LogP contribution >= 0.6 is 36.4 Å². The third-order valence-corrected chi connectivity index (χ3v) is 3.74. The number of aromatic nitrogens is 2. The number of hydrogen-bond donors (Lipinski definition) is 1. The maximum Gasteiger partial charge on any atom is 0.273 e. The fourth-order valence-electron chi connectivity index (χ4n) is 2.47. The number of pyridine rings is 2. The van der Waals surface area contributed by atoms with Gasteiger partial charge in [0.15, 0.2) is 0 Å². The summed E-state index contributed by atoms with van der Waals surface area (Å²) >= 11 is 5.82. The van der Waals surface area contributed by atoms with E-state index in [1.165, 1.54) is 6.20 Å². The van der Waals surface area contributed by atoms with Crippen LogP contribution in [0.3, 0.4) is 0 Å². The van der Waals surface area contributed by atoms with Gasteiger partial charge in [-0.2, -0.15) is 0 Å². The van der Waals surface area contributed by atoms with Crippen LogP contribution in [0.1, 0.15) is 22.1 Å². The predicted molar refractivity (Wildman–Crippen MR) is 94.6 cm³/mol. The van der Waals surface area contributed by atoms with Crippen molar-refractivity contribution in [3.63, 3.8) is 0 Å². The second kappa shape index (κ2) is 9.03. The van der Waals surface area contributed by atoms with Gasteiger partial charge in [0.05, 0.1) is 11.1 Å². The summed E-state index contributed by atoms with van der Waals surface area (Å²) < 4.78 is 0. The molecule has 3 heterocycles. The maximum atomic E-state index is 12.7. The van der Waals surface area contributed by atoms with Gasteiger partial charge in [-0.1, -0.05) is 17.7 Å². The van der Waals surface area contributed by atoms with Crippen molar-refractivity contribution in [2.45, 2.75) is 6.04 Å². The molecule has 8 heteroatoms. The lowest BCUT2D eigenvalue weighted by Crippen LogP contribution is -2.48. The van der Waals surface area contributed by atoms with Crippen LogP contribution in [-0.2, 0) is 0 Å². The molecule has 1 fully saturated rings. The fourth-order valence-corrected chi connectivity index (χ4v) is 2.58. The number of hydrogen-bond acceptors (Lipinski definition) is 4. The SMILES string of the molecule is Cl.Cl.O=C(c1ccc(Cl)cn1)N1CCNCC1c1cccnc1. The molecule has 1 amide bonds. The molecule has 1 aliphatic rings. The molecule has 2 aromatic rings. The van der Waals surface area contributed by atoms with E-state index in [1.54, 1.807) is 24.5 Å². The van der Waals surface area contributed by atoms with Crippen molar-refractivity contribution in [2.24, 2.45) is 0 Å². The molecule has 0 radical (unpaired) electrons. The van der Waals surface area contributed by atoms with E-state index in [4.69, 9.17) is 11.6 Å². The summed E-state index contributed by atoms with van der Waals surface area (Å²) in [6, 6.07) is 7.18. The largest absolute Gasteiger partial charge is 0.328 e. The van der Waals surface area contributed by atoms with Gasteiger partial charge in [0.25, 0.3) is 5.91 Å². The number of nitrogens with one attached hydrogen (secondary N) is 1. The van der Waals surface area contributed by atoms with E-state index in [9.17, 15) is 4.79 Å². The summed E-state index contributed by atoms with van der Waals surface area (Å²) in [6.07, 6.45) is 5.02. The van der Waals surface area contributed by atoms with Crippen LogP contribution in [0.15, 0.2) is 42.9 Å². The summed E-state index contributed by atoms with van der Waals surface area (Å²) in [7, 11) is 0. The molecule has 124 valence electrons. The molecular formula is C15H17Cl3N4O. The molecule has 1 saturated heterocycles. The predicted octanol–water partition coefficient (Wildman–Crippen LogP) is 2.76. The molecule has 2 aromatic heterocycles. The Bertz CT molecular complexity index is 624. The lowest BCUT2D eigenvalue weighted by atomic mass is 10.0. The third kappa shape index (κ3) is 4.54. The zero-order chi connectivity index (χ0) is 14.7. The number of carbonyl (C=O) groups is 1. The van der Waals surface area contributed by atoms with Gasteiger partial charge in [0.2, 0.25) is 0 Å². The van der Waals surface area contributed by atoms with Crippen molar-refractivity contribution in [3.8, 4) is 0 Å². The van der Waals surface area contributed by atoms with Gasteiger partial charge >= 0.3 is 0 Å². The second-order valence-electron chi connectivity index (χ2n) is 4.87. The molecule has 0 saturated carbocycles. The number of carbonyl (C=O) groups excluding carboxylic acids is 1. The Balaban J connectivity index is 0.00000132. The number of halogens is 3. The third-order valence-electron chi connectivity index (χ3n) is 3.52. The number of rotatable bonds is 2. The first-order chi connectivity index (χ1) is 10.3. The number of amides is 1. The maximum absolute atomic E-state index is 12.7. The molecule has 23 heavy (non-hydrogen) atoms. The van der Waals surface area contributed by atoms with Crippen LogP contribution in [0, 0.1) is 0 Å². The standard InChI is InChI=1S/C15H15ClN4O.2ClH/c16-12-3-4-13(19-9-12)15(21)20-7-6-18-10-14(20)11-2-1-5-17-8-11;;/h1-5,8-9,14,18H,6-7,10H2;2*1H. The molecule has 0 bridgehead atoms. The first kappa shape index (κ1) is 19.6. The molecule has 3 rings (SSSR count). The summed E-state index contributed by atoms with van der Waals surface area (Å²) in [4.78, 5) is 22.8. The summed E-state index contributed by atoms with van der Waals surface area (Å²) in [5.41, 5.74) is 1.43. The first-order valence-corrected chi connectivity index (χ1v) is 7.16. The van der Waals surface area contributed by atoms with Gasteiger partial charge < -0.3 is 10.2 Å². The van der Waals surface area contributed by atoms with Crippen molar-refractivity contribution >= 4 is 42.3 Å². The van der Waals surface area contributed by atoms with E-state index in [0.29, 0.717) is 23.8 Å². The Morgan fingerprint density at radius 3 is 2.74 bits per heavy atom. The minimum atomic E-state index is -0.0815. The summed E-state index contributed by atoms with van der Waals surface area (Å²) in [6.45, 7) is 2.13. The molecule has 0 aliphatic carbocycles. The van der Waals surface area contributed by atoms with Crippen LogP contribution < -0.4 is 5.32 Å². The van der Waals surface area contributed by atoms with E-state index in [-0.39, 0.29) is 36.8 Å². The Hall–Kier alpha value is -1.40. The van der Waals surface area contributed by atoms with Gasteiger partial charge in [0.1, 0.15) is 5.69 Å². The average Bonchev–Trinajstić information content (AvgIpc) is 2.56. The van der Waals surface area contributed by atoms with Crippen molar-refractivity contribution in [2.75, 3.05) is 19.6 Å². The van der Waals surface area contributed by atoms with Gasteiger partial charge in [-0.05, 0) is 23.8 Å². The molecule has 1 atom stereocenters. The quantitative estimate of drug-likeness (QED) is 0.877. The molecular weight excluding hydrogens is 359 g/mol. The monoisotopic (exact) mass is 374 g/mol. The highest BCUT2D eigenvalue weighted by Gasteiger charge is 2.29. The lowest BCUT2D eigenvalue weighted by Gasteiger charge is -2.36. The van der Waals surface area contributed by atoms with Crippen molar-refractivity contribution in [1.82, 2.24) is 20.2 Å². The molecule has 5 nitrogen and oxygen atoms in total. The Morgan fingerprint density at radius 2 is 2.09 bits per heavy atom. The Labute approximate surface area is 152 Å². The van der Waals surface area contributed by atoms with E-state index >= 15 is 0 Å². The zero-order valence-electron chi connectivity index (χ0n) is 12.2. The lowest BCUT2D eigenvalue weighted by molar-refractivity contribution is 0.0628. The highest BCUT2D eigenvalue weighted by molar-refractivity contribution is 6.30. The second-order valence-corrected chi connectivity index (χ2v) is 5.30. The summed E-state index contributed by atoms with van der Waals surface area (Å²) in [5, 5.41) is 3.84. The topological polar surface area (TPSA) is 58.1 Å². The van der Waals surface area contributed by atoms with E-state index in [2.05, 4.69) is 15.3 Å². The smallest absolute Gasteiger partial charge is 0.273 e. The van der Waals surface area contributed by atoms with Crippen LogP contribution in [-0.4, -0.2) is 40.4 Å². The molecule has 1 aliphatic heterocycles. The van der Waals surface area contributed by atoms with Crippen molar-refractivity contribution in [1.29, 1.82) is 0 Å².